The number of nitrogens with zero attached hydrogens (tertiary/aromatic N) is 5. The fraction of sp³-hybridized carbons (Fsp3) is 0.0577. The summed E-state index contributed by atoms with van der Waals surface area (Å²) in [4.78, 5) is 15.5. The van der Waals surface area contributed by atoms with E-state index in [1.165, 1.54) is 38.1 Å². The molecule has 1 aliphatic rings. The number of aromatic nitrogens is 5. The first kappa shape index (κ1) is 33.0. The third-order valence-electron chi connectivity index (χ3n) is 11.5. The quantitative estimate of drug-likeness (QED) is 0.171. The fourth-order valence-corrected chi connectivity index (χ4v) is 8.63. The molecule has 7 aromatic carbocycles. The van der Waals surface area contributed by atoms with Gasteiger partial charge in [-0.25, -0.2) is 15.0 Å². The molecule has 2 atom stereocenters. The van der Waals surface area contributed by atoms with E-state index in [1.54, 1.807) is 0 Å². The molecule has 0 bridgehead atoms. The van der Waals surface area contributed by atoms with Gasteiger partial charge in [-0.05, 0) is 65.6 Å². The molecule has 57 heavy (non-hydrogen) atoms. The van der Waals surface area contributed by atoms with E-state index >= 15 is 0 Å². The summed E-state index contributed by atoms with van der Waals surface area (Å²) in [6, 6.07) is 60.5. The van der Waals surface area contributed by atoms with Gasteiger partial charge in [-0.1, -0.05) is 153 Å². The van der Waals surface area contributed by atoms with E-state index in [2.05, 4.69) is 204 Å². The minimum atomic E-state index is 0.0402. The summed E-state index contributed by atoms with van der Waals surface area (Å²) in [5.74, 6) is 2.40. The molecule has 10 aromatic rings. The fourth-order valence-electron chi connectivity index (χ4n) is 8.63. The van der Waals surface area contributed by atoms with E-state index in [-0.39, 0.29) is 11.8 Å². The maximum absolute atomic E-state index is 5.21. The van der Waals surface area contributed by atoms with Gasteiger partial charge >= 0.3 is 0 Å². The molecule has 0 amide bonds. The van der Waals surface area contributed by atoms with Crippen molar-refractivity contribution in [2.75, 3.05) is 0 Å². The zero-order valence-corrected chi connectivity index (χ0v) is 31.4. The van der Waals surface area contributed by atoms with Gasteiger partial charge in [0.2, 0.25) is 0 Å². The maximum Gasteiger partial charge on any atom is 0.163 e. The molecule has 1 aliphatic carbocycles. The molecule has 11 rings (SSSR count). The predicted octanol–water partition coefficient (Wildman–Crippen LogP) is 12.9. The Labute approximate surface area is 330 Å². The highest BCUT2D eigenvalue weighted by molar-refractivity contribution is 6.19. The third-order valence-corrected chi connectivity index (χ3v) is 11.5. The standard InChI is InChI=1S/C52H37N5/c1-34-15-8-9-22-41(34)52-54-50(37-29-27-36(28-30-37)35-16-4-2-5-17-35)53-51(55-52)38-18-14-21-40(31-38)57-47-26-13-11-24-43(47)45-32-44-42-23-10-12-25-46(42)56(48(44)33-49(45)57)39-19-6-3-7-20-39/h2-34,41H,1H3. The van der Waals surface area contributed by atoms with Gasteiger partial charge in [-0.15, -0.1) is 0 Å². The number of para-hydroxylation sites is 3. The van der Waals surface area contributed by atoms with Crippen molar-refractivity contribution in [2.45, 2.75) is 12.8 Å². The molecule has 0 radical (unpaired) electrons. The van der Waals surface area contributed by atoms with Crippen molar-refractivity contribution in [1.82, 2.24) is 24.1 Å². The minimum absolute atomic E-state index is 0.0402. The Morgan fingerprint density at radius 2 is 0.912 bits per heavy atom. The molecule has 5 heteroatoms. The van der Waals surface area contributed by atoms with E-state index in [0.29, 0.717) is 11.6 Å². The van der Waals surface area contributed by atoms with Crippen LogP contribution in [0.25, 0.3) is 88.9 Å². The lowest BCUT2D eigenvalue weighted by atomic mass is 9.89. The molecule has 2 unspecified atom stereocenters. The molecule has 5 nitrogen and oxygen atoms in total. The molecule has 3 heterocycles. The molecule has 0 saturated carbocycles. The molecule has 0 N–H and O–H groups in total. The lowest BCUT2D eigenvalue weighted by Crippen LogP contribution is -2.13. The maximum atomic E-state index is 5.21. The normalized spacial score (nSPS) is 15.3. The van der Waals surface area contributed by atoms with Gasteiger partial charge in [0.05, 0.1) is 22.1 Å². The van der Waals surface area contributed by atoms with Crippen molar-refractivity contribution in [3.05, 3.63) is 200 Å². The van der Waals surface area contributed by atoms with Crippen molar-refractivity contribution in [2.24, 2.45) is 5.92 Å². The summed E-state index contributed by atoms with van der Waals surface area (Å²) < 4.78 is 4.78. The summed E-state index contributed by atoms with van der Waals surface area (Å²) in [7, 11) is 0. The van der Waals surface area contributed by atoms with Crippen LogP contribution < -0.4 is 0 Å². The highest BCUT2D eigenvalue weighted by Gasteiger charge is 2.23. The summed E-state index contributed by atoms with van der Waals surface area (Å²) >= 11 is 0. The molecule has 270 valence electrons. The Hall–Kier alpha value is -7.37. The molecule has 0 aliphatic heterocycles. The van der Waals surface area contributed by atoms with Crippen LogP contribution in [0.4, 0.5) is 0 Å². The Kier molecular flexibility index (Phi) is 7.78. The van der Waals surface area contributed by atoms with E-state index < -0.39 is 0 Å². The lowest BCUT2D eigenvalue weighted by molar-refractivity contribution is 0.600. The van der Waals surface area contributed by atoms with Crippen LogP contribution in [0.1, 0.15) is 18.7 Å². The number of hydrogen-bond acceptors (Lipinski definition) is 3. The van der Waals surface area contributed by atoms with Gasteiger partial charge < -0.3 is 9.13 Å². The summed E-state index contributed by atoms with van der Waals surface area (Å²) in [5.41, 5.74) is 11.1. The lowest BCUT2D eigenvalue weighted by Gasteiger charge is -2.20. The Bertz CT molecular complexity index is 3190. The number of benzene rings is 7. The van der Waals surface area contributed by atoms with Crippen LogP contribution in [-0.2, 0) is 0 Å². The minimum Gasteiger partial charge on any atom is -0.309 e. The SMILES string of the molecule is CC1C=CC=CC1c1nc(-c2ccc(-c3ccccc3)cc2)nc(-c2cccc(-n3c4ccccc4c4cc5c6ccccc6n(-c6ccccc6)c5cc43)c2)n1. The highest BCUT2D eigenvalue weighted by Crippen LogP contribution is 2.40. The molecule has 0 spiro atoms. The van der Waals surface area contributed by atoms with Crippen molar-refractivity contribution >= 4 is 43.6 Å². The second-order valence-electron chi connectivity index (χ2n) is 14.9. The van der Waals surface area contributed by atoms with Gasteiger partial charge in [-0.2, -0.15) is 0 Å². The summed E-state index contributed by atoms with van der Waals surface area (Å²) in [6.07, 6.45) is 8.63. The van der Waals surface area contributed by atoms with Crippen molar-refractivity contribution in [3.63, 3.8) is 0 Å². The topological polar surface area (TPSA) is 48.5 Å². The average Bonchev–Trinajstić information content (AvgIpc) is 3.78. The predicted molar refractivity (Wildman–Crippen MR) is 235 cm³/mol. The highest BCUT2D eigenvalue weighted by atomic mass is 15.0. The first-order chi connectivity index (χ1) is 28.2. The van der Waals surface area contributed by atoms with Crippen molar-refractivity contribution < 1.29 is 0 Å². The molecule has 3 aromatic heterocycles. The van der Waals surface area contributed by atoms with E-state index in [0.717, 1.165) is 44.9 Å². The average molecular weight is 732 g/mol. The summed E-state index contributed by atoms with van der Waals surface area (Å²) in [5, 5.41) is 4.91. The van der Waals surface area contributed by atoms with Crippen LogP contribution in [-0.4, -0.2) is 24.1 Å². The Morgan fingerprint density at radius 1 is 0.386 bits per heavy atom. The monoisotopic (exact) mass is 731 g/mol. The van der Waals surface area contributed by atoms with Crippen molar-refractivity contribution in [1.29, 1.82) is 0 Å². The number of allylic oxidation sites excluding steroid dienone is 4. The molecular formula is C52H37N5. The van der Waals surface area contributed by atoms with E-state index in [1.807, 2.05) is 6.07 Å². The smallest absolute Gasteiger partial charge is 0.163 e. The first-order valence-electron chi connectivity index (χ1n) is 19.6. The van der Waals surface area contributed by atoms with Crippen LogP contribution >= 0.6 is 0 Å². The number of rotatable bonds is 6. The molecule has 0 saturated heterocycles. The van der Waals surface area contributed by atoms with Crippen LogP contribution in [0, 0.1) is 5.92 Å². The molecular weight excluding hydrogens is 695 g/mol. The number of fused-ring (bicyclic) bond motifs is 6. The van der Waals surface area contributed by atoms with Crippen LogP contribution in [0.5, 0.6) is 0 Å². The third kappa shape index (κ3) is 5.58. The first-order valence-corrected chi connectivity index (χ1v) is 19.6. The number of hydrogen-bond donors (Lipinski definition) is 0. The van der Waals surface area contributed by atoms with Gasteiger partial charge in [0.25, 0.3) is 0 Å². The van der Waals surface area contributed by atoms with Crippen LogP contribution in [0.15, 0.2) is 194 Å². The largest absolute Gasteiger partial charge is 0.309 e. The van der Waals surface area contributed by atoms with Gasteiger partial charge in [-0.3, -0.25) is 0 Å². The van der Waals surface area contributed by atoms with E-state index in [4.69, 9.17) is 15.0 Å². The van der Waals surface area contributed by atoms with Gasteiger partial charge in [0, 0.05) is 50.0 Å². The van der Waals surface area contributed by atoms with Gasteiger partial charge in [0.15, 0.2) is 11.6 Å². The zero-order chi connectivity index (χ0) is 37.9. The van der Waals surface area contributed by atoms with Crippen LogP contribution in [0.3, 0.4) is 0 Å². The Morgan fingerprint density at radius 3 is 1.60 bits per heavy atom. The van der Waals surface area contributed by atoms with Crippen LogP contribution in [0.2, 0.25) is 0 Å². The van der Waals surface area contributed by atoms with Crippen molar-refractivity contribution in [3.8, 4) is 45.3 Å². The Balaban J connectivity index is 1.10. The zero-order valence-electron chi connectivity index (χ0n) is 31.4. The molecule has 0 fully saturated rings. The second-order valence-corrected chi connectivity index (χ2v) is 14.9. The van der Waals surface area contributed by atoms with Gasteiger partial charge in [0.1, 0.15) is 5.82 Å². The second kappa shape index (κ2) is 13.4. The van der Waals surface area contributed by atoms with E-state index in [9.17, 15) is 0 Å². The summed E-state index contributed by atoms with van der Waals surface area (Å²) in [6.45, 7) is 2.22.